The molecule has 0 aromatic carbocycles. The quantitative estimate of drug-likeness (QED) is 0.890. The Labute approximate surface area is 160 Å². The van der Waals surface area contributed by atoms with E-state index in [0.29, 0.717) is 5.92 Å². The van der Waals surface area contributed by atoms with Gasteiger partial charge < -0.3 is 14.9 Å². The molecule has 3 aliphatic rings. The minimum atomic E-state index is -0.458. The zero-order valence-electron chi connectivity index (χ0n) is 16.1. The topological polar surface area (TPSA) is 69.8 Å². The van der Waals surface area contributed by atoms with Crippen LogP contribution in [0.2, 0.25) is 0 Å². The molecule has 7 nitrogen and oxygen atoms in total. The summed E-state index contributed by atoms with van der Waals surface area (Å²) in [5.74, 6) is 2.44. The van der Waals surface area contributed by atoms with Gasteiger partial charge in [0.05, 0.1) is 5.60 Å². The van der Waals surface area contributed by atoms with E-state index < -0.39 is 5.60 Å². The Hall–Kier alpha value is -1.73. The van der Waals surface area contributed by atoms with E-state index in [1.807, 2.05) is 10.6 Å². The highest BCUT2D eigenvalue weighted by Gasteiger charge is 2.33. The van der Waals surface area contributed by atoms with E-state index in [9.17, 15) is 5.11 Å². The molecule has 0 spiro atoms. The predicted octanol–water partition coefficient (Wildman–Crippen LogP) is 2.21. The molecule has 3 fully saturated rings. The van der Waals surface area contributed by atoms with Gasteiger partial charge in [-0.15, -0.1) is 15.3 Å². The lowest BCUT2D eigenvalue weighted by Gasteiger charge is -2.39. The number of aliphatic hydroxyl groups is 1. The lowest BCUT2D eigenvalue weighted by atomic mass is 9.84. The molecular weight excluding hydrogens is 340 g/mol. The number of likely N-dealkylation sites (tertiary alicyclic amines) is 1. The number of hydrogen-bond donors (Lipinski definition) is 1. The average Bonchev–Trinajstić information content (AvgIpc) is 3.05. The zero-order chi connectivity index (χ0) is 18.3. The number of aromatic nitrogens is 4. The van der Waals surface area contributed by atoms with Crippen LogP contribution in [0.3, 0.4) is 0 Å². The fourth-order valence-corrected chi connectivity index (χ4v) is 4.90. The van der Waals surface area contributed by atoms with Crippen molar-refractivity contribution in [2.45, 2.75) is 62.9 Å². The molecule has 146 valence electrons. The second-order valence-corrected chi connectivity index (χ2v) is 8.70. The highest BCUT2D eigenvalue weighted by molar-refractivity contribution is 5.47. The molecule has 2 aromatic heterocycles. The maximum atomic E-state index is 10.8. The molecule has 5 rings (SSSR count). The van der Waals surface area contributed by atoms with Crippen LogP contribution in [0.5, 0.6) is 0 Å². The summed E-state index contributed by atoms with van der Waals surface area (Å²) in [7, 11) is 0. The van der Waals surface area contributed by atoms with Crippen molar-refractivity contribution in [3.8, 4) is 0 Å². The van der Waals surface area contributed by atoms with E-state index in [1.54, 1.807) is 0 Å². The van der Waals surface area contributed by atoms with Gasteiger partial charge in [-0.2, -0.15) is 4.52 Å². The molecule has 1 saturated carbocycles. The van der Waals surface area contributed by atoms with Gasteiger partial charge in [-0.05, 0) is 57.3 Å². The van der Waals surface area contributed by atoms with Crippen LogP contribution in [0.25, 0.3) is 5.65 Å². The molecule has 0 bridgehead atoms. The van der Waals surface area contributed by atoms with Crippen molar-refractivity contribution in [2.75, 3.05) is 37.6 Å². The van der Waals surface area contributed by atoms with Gasteiger partial charge in [-0.25, -0.2) is 0 Å². The van der Waals surface area contributed by atoms with Crippen LogP contribution in [0.4, 0.5) is 5.82 Å². The Morgan fingerprint density at radius 2 is 1.74 bits per heavy atom. The summed E-state index contributed by atoms with van der Waals surface area (Å²) in [5.41, 5.74) is 0.383. The molecule has 0 amide bonds. The molecule has 1 N–H and O–H groups in total. The third-order valence-electron chi connectivity index (χ3n) is 6.71. The van der Waals surface area contributed by atoms with Crippen molar-refractivity contribution < 1.29 is 5.11 Å². The summed E-state index contributed by atoms with van der Waals surface area (Å²) >= 11 is 0. The smallest absolute Gasteiger partial charge is 0.178 e. The summed E-state index contributed by atoms with van der Waals surface area (Å²) in [6.07, 6.45) is 8.92. The molecule has 27 heavy (non-hydrogen) atoms. The van der Waals surface area contributed by atoms with Gasteiger partial charge in [0.15, 0.2) is 11.5 Å². The zero-order valence-corrected chi connectivity index (χ0v) is 16.1. The normalized spacial score (nSPS) is 24.3. The van der Waals surface area contributed by atoms with Crippen molar-refractivity contribution in [3.63, 3.8) is 0 Å². The summed E-state index contributed by atoms with van der Waals surface area (Å²) in [6, 6.07) is 4.09. The van der Waals surface area contributed by atoms with E-state index >= 15 is 0 Å². The first-order chi connectivity index (χ1) is 13.2. The number of nitrogens with zero attached hydrogens (tertiary/aromatic N) is 6. The largest absolute Gasteiger partial charge is 0.389 e. The Kier molecular flexibility index (Phi) is 4.52. The fourth-order valence-electron chi connectivity index (χ4n) is 4.90. The number of β-amino-alcohol motifs (C(OH)–C–C–N with tert-alkyl or cyclic N) is 1. The van der Waals surface area contributed by atoms with Crippen molar-refractivity contribution in [1.82, 2.24) is 24.7 Å². The monoisotopic (exact) mass is 370 g/mol. The van der Waals surface area contributed by atoms with Crippen LogP contribution < -0.4 is 4.90 Å². The van der Waals surface area contributed by atoms with E-state index in [0.717, 1.165) is 75.7 Å². The second-order valence-electron chi connectivity index (χ2n) is 8.70. The first-order valence-electron chi connectivity index (χ1n) is 10.6. The van der Waals surface area contributed by atoms with Crippen LogP contribution in [-0.4, -0.2) is 68.1 Å². The average molecular weight is 371 g/mol. The summed E-state index contributed by atoms with van der Waals surface area (Å²) in [5, 5.41) is 24.5. The predicted molar refractivity (Wildman–Crippen MR) is 104 cm³/mol. The first-order valence-corrected chi connectivity index (χ1v) is 10.6. The minimum absolute atomic E-state index is 0.399. The van der Waals surface area contributed by atoms with E-state index in [-0.39, 0.29) is 0 Å². The van der Waals surface area contributed by atoms with Crippen molar-refractivity contribution in [3.05, 3.63) is 18.0 Å². The highest BCUT2D eigenvalue weighted by Crippen LogP contribution is 2.32. The van der Waals surface area contributed by atoms with E-state index in [1.165, 1.54) is 25.7 Å². The van der Waals surface area contributed by atoms with Crippen LogP contribution in [0.1, 0.15) is 63.1 Å². The molecule has 0 atom stereocenters. The summed E-state index contributed by atoms with van der Waals surface area (Å²) in [4.78, 5) is 4.75. The first kappa shape index (κ1) is 17.4. The van der Waals surface area contributed by atoms with Crippen LogP contribution >= 0.6 is 0 Å². The van der Waals surface area contributed by atoms with Gasteiger partial charge in [0.2, 0.25) is 0 Å². The Bertz CT molecular complexity index is 787. The standard InChI is InChI=1S/C20H30N6O/c27-20(9-2-1-3-10-20)15-24-13-7-16(8-14-24)19-22-21-17-5-6-18(23-26(17)19)25-11-4-12-25/h5-6,16,27H,1-4,7-15H2. The Morgan fingerprint density at radius 1 is 0.963 bits per heavy atom. The molecule has 2 aliphatic heterocycles. The molecule has 4 heterocycles. The van der Waals surface area contributed by atoms with Crippen molar-refractivity contribution in [1.29, 1.82) is 0 Å². The molecule has 7 heteroatoms. The summed E-state index contributed by atoms with van der Waals surface area (Å²) < 4.78 is 1.96. The maximum absolute atomic E-state index is 10.8. The molecule has 0 radical (unpaired) electrons. The molecule has 2 aromatic rings. The Morgan fingerprint density at radius 3 is 2.44 bits per heavy atom. The maximum Gasteiger partial charge on any atom is 0.178 e. The van der Waals surface area contributed by atoms with Gasteiger partial charge in [-0.3, -0.25) is 0 Å². The van der Waals surface area contributed by atoms with Gasteiger partial charge in [-0.1, -0.05) is 19.3 Å². The molecule has 2 saturated heterocycles. The highest BCUT2D eigenvalue weighted by atomic mass is 16.3. The molecule has 1 aliphatic carbocycles. The number of hydrogen-bond acceptors (Lipinski definition) is 6. The number of piperidine rings is 1. The van der Waals surface area contributed by atoms with Crippen LogP contribution in [0, 0.1) is 0 Å². The SMILES string of the molecule is OC1(CN2CCC(c3nnc4ccc(N5CCC5)nn34)CC2)CCCCC1. The Balaban J connectivity index is 1.26. The van der Waals surface area contributed by atoms with Crippen LogP contribution in [-0.2, 0) is 0 Å². The number of fused-ring (bicyclic) bond motifs is 1. The van der Waals surface area contributed by atoms with E-state index in [2.05, 4.69) is 26.1 Å². The lowest BCUT2D eigenvalue weighted by Crippen LogP contribution is -2.47. The van der Waals surface area contributed by atoms with Crippen molar-refractivity contribution >= 4 is 11.5 Å². The lowest BCUT2D eigenvalue weighted by molar-refractivity contribution is -0.0309. The number of rotatable bonds is 4. The van der Waals surface area contributed by atoms with Crippen LogP contribution in [0.15, 0.2) is 12.1 Å². The van der Waals surface area contributed by atoms with Crippen molar-refractivity contribution in [2.24, 2.45) is 0 Å². The van der Waals surface area contributed by atoms with Gasteiger partial charge >= 0.3 is 0 Å². The van der Waals surface area contributed by atoms with Gasteiger partial charge in [0.1, 0.15) is 5.82 Å². The second kappa shape index (κ2) is 7.02. The fraction of sp³-hybridized carbons (Fsp3) is 0.750. The van der Waals surface area contributed by atoms with Gasteiger partial charge in [0, 0.05) is 25.6 Å². The minimum Gasteiger partial charge on any atom is -0.389 e. The van der Waals surface area contributed by atoms with E-state index in [4.69, 9.17) is 5.10 Å². The molecule has 0 unspecified atom stereocenters. The number of anilines is 1. The third kappa shape index (κ3) is 3.43. The van der Waals surface area contributed by atoms with Gasteiger partial charge in [0.25, 0.3) is 0 Å². The third-order valence-corrected chi connectivity index (χ3v) is 6.71. The molecular formula is C20H30N6O. The summed E-state index contributed by atoms with van der Waals surface area (Å²) in [6.45, 7) is 5.06.